The molecular weight excluding hydrogens is 202 g/mol. The van der Waals surface area contributed by atoms with Crippen molar-refractivity contribution in [2.45, 2.75) is 38.6 Å². The number of nitrogens with one attached hydrogen (secondary N) is 1. The molecule has 0 fully saturated rings. The summed E-state index contributed by atoms with van der Waals surface area (Å²) < 4.78 is 2.16. The van der Waals surface area contributed by atoms with Gasteiger partial charge in [-0.1, -0.05) is 12.8 Å². The Morgan fingerprint density at radius 3 is 2.88 bits per heavy atom. The minimum absolute atomic E-state index is 0.319. The number of aliphatic hydroxyl groups excluding tert-OH is 1. The van der Waals surface area contributed by atoms with Crippen LogP contribution in [0.5, 0.6) is 0 Å². The van der Waals surface area contributed by atoms with Crippen LogP contribution in [-0.4, -0.2) is 34.9 Å². The maximum atomic E-state index is 8.65. The Kier molecular flexibility index (Phi) is 6.85. The van der Waals surface area contributed by atoms with Gasteiger partial charge in [-0.2, -0.15) is 0 Å². The van der Waals surface area contributed by atoms with E-state index in [1.807, 2.05) is 13.4 Å². The summed E-state index contributed by atoms with van der Waals surface area (Å²) in [6.45, 7) is 2.34. The minimum Gasteiger partial charge on any atom is -0.396 e. The number of aryl methyl sites for hydroxylation is 1. The number of aromatic nitrogens is 2. The molecule has 16 heavy (non-hydrogen) atoms. The number of unbranched alkanes of at least 4 members (excludes halogenated alkanes) is 3. The largest absolute Gasteiger partial charge is 0.396 e. The highest BCUT2D eigenvalue weighted by Gasteiger charge is 1.98. The quantitative estimate of drug-likeness (QED) is 0.621. The zero-order valence-corrected chi connectivity index (χ0v) is 10.2. The Bertz CT molecular complexity index is 273. The summed E-state index contributed by atoms with van der Waals surface area (Å²) in [6, 6.07) is 0. The van der Waals surface area contributed by atoms with E-state index in [1.54, 1.807) is 0 Å². The van der Waals surface area contributed by atoms with Crippen molar-refractivity contribution in [1.29, 1.82) is 0 Å². The van der Waals surface area contributed by atoms with Crippen molar-refractivity contribution >= 4 is 0 Å². The first-order valence-corrected chi connectivity index (χ1v) is 6.13. The number of hydrogen-bond donors (Lipinski definition) is 2. The lowest BCUT2D eigenvalue weighted by atomic mass is 10.2. The summed E-state index contributed by atoms with van der Waals surface area (Å²) in [6.07, 6.45) is 9.44. The van der Waals surface area contributed by atoms with Crippen LogP contribution in [0.25, 0.3) is 0 Å². The predicted molar refractivity (Wildman–Crippen MR) is 65.4 cm³/mol. The molecule has 0 bridgehead atoms. The van der Waals surface area contributed by atoms with Gasteiger partial charge in [0.25, 0.3) is 0 Å². The van der Waals surface area contributed by atoms with Gasteiger partial charge in [-0.05, 0) is 19.9 Å². The van der Waals surface area contributed by atoms with Crippen LogP contribution in [0.15, 0.2) is 12.5 Å². The highest BCUT2D eigenvalue weighted by Crippen LogP contribution is 2.03. The monoisotopic (exact) mass is 225 g/mol. The van der Waals surface area contributed by atoms with E-state index in [9.17, 15) is 0 Å². The van der Waals surface area contributed by atoms with Crippen molar-refractivity contribution in [2.75, 3.05) is 20.2 Å². The number of nitrogens with zero attached hydrogens (tertiary/aromatic N) is 2. The van der Waals surface area contributed by atoms with E-state index >= 15 is 0 Å². The molecule has 1 heterocycles. The van der Waals surface area contributed by atoms with Crippen LogP contribution >= 0.6 is 0 Å². The molecule has 0 spiro atoms. The van der Waals surface area contributed by atoms with E-state index in [4.69, 9.17) is 5.11 Å². The third-order valence-electron chi connectivity index (χ3n) is 2.64. The van der Waals surface area contributed by atoms with Crippen LogP contribution in [0.2, 0.25) is 0 Å². The molecule has 0 amide bonds. The number of aliphatic hydroxyl groups is 1. The molecule has 1 aromatic heterocycles. The highest BCUT2D eigenvalue weighted by molar-refractivity contribution is 4.97. The van der Waals surface area contributed by atoms with Gasteiger partial charge in [0.2, 0.25) is 0 Å². The molecule has 1 aromatic rings. The maximum Gasteiger partial charge on any atom is 0.0949 e. The molecule has 1 rings (SSSR count). The molecule has 0 radical (unpaired) electrons. The van der Waals surface area contributed by atoms with Crippen molar-refractivity contribution in [3.05, 3.63) is 18.2 Å². The van der Waals surface area contributed by atoms with Crippen molar-refractivity contribution in [1.82, 2.24) is 14.9 Å². The van der Waals surface area contributed by atoms with Gasteiger partial charge in [0.15, 0.2) is 0 Å². The van der Waals surface area contributed by atoms with Gasteiger partial charge in [-0.15, -0.1) is 0 Å². The van der Waals surface area contributed by atoms with Crippen molar-refractivity contribution in [3.8, 4) is 0 Å². The standard InChI is InChI=1S/C12H23N3O/c1-13-7-6-12-10-15(11-14-12)8-4-2-3-5-9-16/h10-11,13,16H,2-9H2,1H3. The fraction of sp³-hybridized carbons (Fsp3) is 0.750. The van der Waals surface area contributed by atoms with E-state index in [2.05, 4.69) is 21.1 Å². The Morgan fingerprint density at radius 2 is 2.12 bits per heavy atom. The van der Waals surface area contributed by atoms with Gasteiger partial charge in [-0.3, -0.25) is 0 Å². The molecule has 0 atom stereocenters. The van der Waals surface area contributed by atoms with Gasteiger partial charge < -0.3 is 15.0 Å². The average molecular weight is 225 g/mol. The van der Waals surface area contributed by atoms with Gasteiger partial charge in [0.05, 0.1) is 12.0 Å². The van der Waals surface area contributed by atoms with Gasteiger partial charge in [0, 0.05) is 32.3 Å². The maximum absolute atomic E-state index is 8.65. The summed E-state index contributed by atoms with van der Waals surface area (Å²) in [7, 11) is 1.96. The average Bonchev–Trinajstić information content (AvgIpc) is 2.74. The molecule has 0 unspecified atom stereocenters. The lowest BCUT2D eigenvalue weighted by Gasteiger charge is -2.01. The smallest absolute Gasteiger partial charge is 0.0949 e. The zero-order chi connectivity index (χ0) is 11.6. The highest BCUT2D eigenvalue weighted by atomic mass is 16.2. The molecule has 4 heteroatoms. The van der Waals surface area contributed by atoms with E-state index in [0.29, 0.717) is 6.61 Å². The normalized spacial score (nSPS) is 10.9. The second kappa shape index (κ2) is 8.30. The Hall–Kier alpha value is -0.870. The number of hydrogen-bond acceptors (Lipinski definition) is 3. The fourth-order valence-electron chi connectivity index (χ4n) is 1.67. The second-order valence-corrected chi connectivity index (χ2v) is 4.09. The lowest BCUT2D eigenvalue weighted by molar-refractivity contribution is 0.282. The second-order valence-electron chi connectivity index (χ2n) is 4.09. The molecule has 0 aliphatic heterocycles. The first-order chi connectivity index (χ1) is 7.86. The van der Waals surface area contributed by atoms with Crippen LogP contribution in [0.4, 0.5) is 0 Å². The fourth-order valence-corrected chi connectivity index (χ4v) is 1.67. The van der Waals surface area contributed by atoms with E-state index in [-0.39, 0.29) is 0 Å². The molecular formula is C12H23N3O. The van der Waals surface area contributed by atoms with E-state index in [0.717, 1.165) is 38.0 Å². The number of likely N-dealkylation sites (N-methyl/N-ethyl adjacent to an activating group) is 1. The number of rotatable bonds is 9. The summed E-state index contributed by atoms with van der Waals surface area (Å²) >= 11 is 0. The summed E-state index contributed by atoms with van der Waals surface area (Å²) in [5, 5.41) is 11.8. The van der Waals surface area contributed by atoms with E-state index < -0.39 is 0 Å². The minimum atomic E-state index is 0.319. The molecule has 92 valence electrons. The zero-order valence-electron chi connectivity index (χ0n) is 10.2. The van der Waals surface area contributed by atoms with Crippen LogP contribution in [-0.2, 0) is 13.0 Å². The Balaban J connectivity index is 2.14. The first kappa shape index (κ1) is 13.2. The molecule has 0 saturated heterocycles. The van der Waals surface area contributed by atoms with Crippen LogP contribution < -0.4 is 5.32 Å². The third kappa shape index (κ3) is 5.28. The molecule has 0 aliphatic carbocycles. The summed E-state index contributed by atoms with van der Waals surface area (Å²) in [5.74, 6) is 0. The molecule has 0 saturated carbocycles. The van der Waals surface area contributed by atoms with Gasteiger partial charge >= 0.3 is 0 Å². The van der Waals surface area contributed by atoms with Crippen molar-refractivity contribution < 1.29 is 5.11 Å². The van der Waals surface area contributed by atoms with E-state index in [1.165, 1.54) is 12.8 Å². The van der Waals surface area contributed by atoms with Crippen LogP contribution in [0.3, 0.4) is 0 Å². The summed E-state index contributed by atoms with van der Waals surface area (Å²) in [4.78, 5) is 4.35. The SMILES string of the molecule is CNCCc1cn(CCCCCCO)cn1. The predicted octanol–water partition coefficient (Wildman–Crippen LogP) is 1.20. The Morgan fingerprint density at radius 1 is 1.31 bits per heavy atom. The first-order valence-electron chi connectivity index (χ1n) is 6.13. The van der Waals surface area contributed by atoms with Crippen LogP contribution in [0.1, 0.15) is 31.4 Å². The topological polar surface area (TPSA) is 50.1 Å². The molecule has 0 aliphatic rings. The molecule has 2 N–H and O–H groups in total. The Labute approximate surface area is 97.7 Å². The van der Waals surface area contributed by atoms with Crippen molar-refractivity contribution in [3.63, 3.8) is 0 Å². The number of imidazole rings is 1. The lowest BCUT2D eigenvalue weighted by Crippen LogP contribution is -2.10. The van der Waals surface area contributed by atoms with Gasteiger partial charge in [0.1, 0.15) is 0 Å². The van der Waals surface area contributed by atoms with Crippen molar-refractivity contribution in [2.24, 2.45) is 0 Å². The molecule has 0 aromatic carbocycles. The molecule has 4 nitrogen and oxygen atoms in total. The summed E-state index contributed by atoms with van der Waals surface area (Å²) in [5.41, 5.74) is 1.16. The van der Waals surface area contributed by atoms with Gasteiger partial charge in [-0.25, -0.2) is 4.98 Å². The van der Waals surface area contributed by atoms with Crippen LogP contribution in [0, 0.1) is 0 Å². The third-order valence-corrected chi connectivity index (χ3v) is 2.64.